The van der Waals surface area contributed by atoms with Gasteiger partial charge in [0, 0.05) is 11.8 Å². The van der Waals surface area contributed by atoms with E-state index < -0.39 is 0 Å². The molecule has 3 atom stereocenters. The standard InChI is InChI=1S/C16H22N2O4/c1-11-8-18(9-12(2)22-11)6-5-16(19)17-13-3-4-14-15(7-13)21-10-20-14/h3-4,7,11-12H,5-6,8-10H2,1-2H3,(H,17,19)/p+1/t11-,12+. The lowest BCUT2D eigenvalue weighted by Crippen LogP contribution is -3.15. The Kier molecular flexibility index (Phi) is 4.49. The van der Waals surface area contributed by atoms with E-state index in [0.29, 0.717) is 12.2 Å². The van der Waals surface area contributed by atoms with E-state index >= 15 is 0 Å². The van der Waals surface area contributed by atoms with E-state index in [9.17, 15) is 4.79 Å². The third-order valence-corrected chi connectivity index (χ3v) is 3.98. The number of morpholine rings is 1. The Bertz CT molecular complexity index is 539. The van der Waals surface area contributed by atoms with E-state index in [2.05, 4.69) is 19.2 Å². The summed E-state index contributed by atoms with van der Waals surface area (Å²) in [6.45, 7) is 7.16. The number of ether oxygens (including phenoxy) is 3. The Morgan fingerprint density at radius 1 is 1.23 bits per heavy atom. The molecule has 0 bridgehead atoms. The monoisotopic (exact) mass is 307 g/mol. The number of fused-ring (bicyclic) bond motifs is 1. The van der Waals surface area contributed by atoms with Crippen molar-refractivity contribution in [2.45, 2.75) is 32.5 Å². The fraction of sp³-hybridized carbons (Fsp3) is 0.562. The number of nitrogens with one attached hydrogen (secondary N) is 2. The summed E-state index contributed by atoms with van der Waals surface area (Å²) in [6, 6.07) is 5.44. The Labute approximate surface area is 130 Å². The molecule has 0 saturated carbocycles. The van der Waals surface area contributed by atoms with Crippen molar-refractivity contribution in [2.75, 3.05) is 31.7 Å². The number of hydrogen-bond acceptors (Lipinski definition) is 4. The molecule has 0 radical (unpaired) electrons. The summed E-state index contributed by atoms with van der Waals surface area (Å²) in [7, 11) is 0. The number of quaternary nitrogens is 1. The second-order valence-corrected chi connectivity index (χ2v) is 6.03. The molecule has 2 heterocycles. The quantitative estimate of drug-likeness (QED) is 0.847. The number of hydrogen-bond donors (Lipinski definition) is 2. The van der Waals surface area contributed by atoms with Crippen molar-refractivity contribution < 1.29 is 23.9 Å². The Balaban J connectivity index is 1.48. The van der Waals surface area contributed by atoms with Crippen LogP contribution < -0.4 is 19.7 Å². The topological polar surface area (TPSA) is 61.2 Å². The van der Waals surface area contributed by atoms with Gasteiger partial charge in [-0.2, -0.15) is 0 Å². The Hall–Kier alpha value is -1.79. The van der Waals surface area contributed by atoms with Crippen LogP contribution in [0.15, 0.2) is 18.2 Å². The number of benzene rings is 1. The SMILES string of the molecule is C[C@@H]1C[NH+](CCC(=O)Nc2ccc3c(c2)OCO3)C[C@H](C)O1. The minimum atomic E-state index is 0.0261. The first kappa shape index (κ1) is 15.1. The molecule has 1 aromatic rings. The second kappa shape index (κ2) is 6.54. The van der Waals surface area contributed by atoms with E-state index in [4.69, 9.17) is 14.2 Å². The van der Waals surface area contributed by atoms with Gasteiger partial charge in [-0.3, -0.25) is 4.79 Å². The van der Waals surface area contributed by atoms with Gasteiger partial charge in [0.1, 0.15) is 25.3 Å². The molecule has 0 aromatic heterocycles. The zero-order chi connectivity index (χ0) is 15.5. The van der Waals surface area contributed by atoms with Crippen molar-refractivity contribution in [3.63, 3.8) is 0 Å². The van der Waals surface area contributed by atoms with Gasteiger partial charge in [0.2, 0.25) is 12.7 Å². The van der Waals surface area contributed by atoms with Gasteiger partial charge in [0.15, 0.2) is 11.5 Å². The van der Waals surface area contributed by atoms with Gasteiger partial charge >= 0.3 is 0 Å². The molecular weight excluding hydrogens is 284 g/mol. The number of carbonyl (C=O) groups is 1. The molecule has 0 spiro atoms. The highest BCUT2D eigenvalue weighted by atomic mass is 16.7. The number of carbonyl (C=O) groups excluding carboxylic acids is 1. The van der Waals surface area contributed by atoms with Crippen LogP contribution in [0.4, 0.5) is 5.69 Å². The maximum absolute atomic E-state index is 12.1. The summed E-state index contributed by atoms with van der Waals surface area (Å²) in [4.78, 5) is 13.5. The summed E-state index contributed by atoms with van der Waals surface area (Å²) < 4.78 is 16.3. The predicted octanol–water partition coefficient (Wildman–Crippen LogP) is 0.436. The first-order valence-electron chi connectivity index (χ1n) is 7.78. The smallest absolute Gasteiger partial charge is 0.231 e. The molecule has 1 fully saturated rings. The fourth-order valence-corrected chi connectivity index (χ4v) is 3.08. The van der Waals surface area contributed by atoms with Gasteiger partial charge in [0.25, 0.3) is 0 Å². The minimum Gasteiger partial charge on any atom is -0.454 e. The van der Waals surface area contributed by atoms with E-state index in [1.165, 1.54) is 4.90 Å². The molecule has 2 aliphatic heterocycles. The fourth-order valence-electron chi connectivity index (χ4n) is 3.08. The van der Waals surface area contributed by atoms with Gasteiger partial charge in [-0.25, -0.2) is 0 Å². The first-order valence-corrected chi connectivity index (χ1v) is 7.78. The van der Waals surface area contributed by atoms with Crippen LogP contribution in [0.1, 0.15) is 20.3 Å². The van der Waals surface area contributed by atoms with Crippen LogP contribution in [0.2, 0.25) is 0 Å². The highest BCUT2D eigenvalue weighted by Crippen LogP contribution is 2.34. The van der Waals surface area contributed by atoms with Crippen molar-refractivity contribution in [2.24, 2.45) is 0 Å². The van der Waals surface area contributed by atoms with Gasteiger partial charge in [-0.05, 0) is 26.0 Å². The highest BCUT2D eigenvalue weighted by Gasteiger charge is 2.25. The van der Waals surface area contributed by atoms with Crippen LogP contribution in [0, 0.1) is 0 Å². The molecule has 1 amide bonds. The third-order valence-electron chi connectivity index (χ3n) is 3.98. The molecule has 120 valence electrons. The normalized spacial score (nSPS) is 26.7. The van der Waals surface area contributed by atoms with Crippen LogP contribution in [-0.2, 0) is 9.53 Å². The van der Waals surface area contributed by atoms with Crippen molar-refractivity contribution in [1.29, 1.82) is 0 Å². The molecule has 22 heavy (non-hydrogen) atoms. The van der Waals surface area contributed by atoms with Gasteiger partial charge in [0.05, 0.1) is 13.0 Å². The van der Waals surface area contributed by atoms with E-state index in [1.807, 2.05) is 12.1 Å². The molecule has 1 unspecified atom stereocenters. The molecule has 1 aromatic carbocycles. The third kappa shape index (κ3) is 3.69. The molecule has 0 aliphatic carbocycles. The van der Waals surface area contributed by atoms with Crippen LogP contribution in [0.25, 0.3) is 0 Å². The van der Waals surface area contributed by atoms with Crippen LogP contribution in [-0.4, -0.2) is 44.5 Å². The lowest BCUT2D eigenvalue weighted by Gasteiger charge is -2.32. The van der Waals surface area contributed by atoms with Gasteiger partial charge in [-0.1, -0.05) is 0 Å². The lowest BCUT2D eigenvalue weighted by molar-refractivity contribution is -0.914. The molecule has 2 aliphatic rings. The molecule has 2 N–H and O–H groups in total. The Morgan fingerprint density at radius 3 is 2.73 bits per heavy atom. The summed E-state index contributed by atoms with van der Waals surface area (Å²) in [6.07, 6.45) is 1.02. The van der Waals surface area contributed by atoms with E-state index in [0.717, 1.165) is 31.1 Å². The molecular formula is C16H23N2O4+. The van der Waals surface area contributed by atoms with Crippen molar-refractivity contribution in [1.82, 2.24) is 0 Å². The first-order chi connectivity index (χ1) is 10.6. The molecule has 6 heteroatoms. The van der Waals surface area contributed by atoms with E-state index in [1.54, 1.807) is 6.07 Å². The molecule has 3 rings (SSSR count). The van der Waals surface area contributed by atoms with E-state index in [-0.39, 0.29) is 24.9 Å². The lowest BCUT2D eigenvalue weighted by atomic mass is 10.2. The zero-order valence-corrected chi connectivity index (χ0v) is 13.1. The van der Waals surface area contributed by atoms with Crippen molar-refractivity contribution >= 4 is 11.6 Å². The largest absolute Gasteiger partial charge is 0.454 e. The van der Waals surface area contributed by atoms with Crippen LogP contribution >= 0.6 is 0 Å². The average Bonchev–Trinajstić information content (AvgIpc) is 2.92. The van der Waals surface area contributed by atoms with Crippen molar-refractivity contribution in [3.05, 3.63) is 18.2 Å². The highest BCUT2D eigenvalue weighted by molar-refractivity contribution is 5.91. The van der Waals surface area contributed by atoms with Crippen LogP contribution in [0.5, 0.6) is 11.5 Å². The minimum absolute atomic E-state index is 0.0261. The summed E-state index contributed by atoms with van der Waals surface area (Å²) in [5, 5.41) is 2.91. The molecule has 1 saturated heterocycles. The predicted molar refractivity (Wildman–Crippen MR) is 81.4 cm³/mol. The number of rotatable bonds is 4. The number of anilines is 1. The molecule has 6 nitrogen and oxygen atoms in total. The van der Waals surface area contributed by atoms with Crippen molar-refractivity contribution in [3.8, 4) is 11.5 Å². The second-order valence-electron chi connectivity index (χ2n) is 6.03. The summed E-state index contributed by atoms with van der Waals surface area (Å²) in [5.74, 6) is 1.43. The zero-order valence-electron chi connectivity index (χ0n) is 13.1. The summed E-state index contributed by atoms with van der Waals surface area (Å²) in [5.41, 5.74) is 0.743. The average molecular weight is 307 g/mol. The Morgan fingerprint density at radius 2 is 1.95 bits per heavy atom. The summed E-state index contributed by atoms with van der Waals surface area (Å²) >= 11 is 0. The van der Waals surface area contributed by atoms with Crippen LogP contribution in [0.3, 0.4) is 0 Å². The maximum Gasteiger partial charge on any atom is 0.231 e. The number of amides is 1. The van der Waals surface area contributed by atoms with Gasteiger partial charge < -0.3 is 24.4 Å². The van der Waals surface area contributed by atoms with Gasteiger partial charge in [-0.15, -0.1) is 0 Å². The maximum atomic E-state index is 12.1.